The quantitative estimate of drug-likeness (QED) is 0.380. The highest BCUT2D eigenvalue weighted by Gasteiger charge is 2.65. The summed E-state index contributed by atoms with van der Waals surface area (Å²) in [5.41, 5.74) is 0.766. The molecule has 29 heavy (non-hydrogen) atoms. The third kappa shape index (κ3) is 2.95. The SMILES string of the molecule is C#CC1(OC(C)=O)CC[C@H]2[C@@H]3CC=C4CC(OC(C)=O)CC[C@]4(C)[C@@H]3CC[C@@]21C. The van der Waals surface area contributed by atoms with Crippen LogP contribution in [0.2, 0.25) is 0 Å². The van der Waals surface area contributed by atoms with Crippen LogP contribution >= 0.6 is 0 Å². The number of allylic oxidation sites excluding steroid dienone is 1. The first-order chi connectivity index (χ1) is 13.6. The molecule has 7 atom stereocenters. The van der Waals surface area contributed by atoms with Gasteiger partial charge in [-0.25, -0.2) is 0 Å². The molecule has 0 radical (unpaired) electrons. The molecule has 158 valence electrons. The van der Waals surface area contributed by atoms with Gasteiger partial charge in [-0.2, -0.15) is 0 Å². The zero-order valence-electron chi connectivity index (χ0n) is 18.3. The molecule has 0 saturated heterocycles. The monoisotopic (exact) mass is 398 g/mol. The Labute approximate surface area is 174 Å². The molecule has 3 fully saturated rings. The van der Waals surface area contributed by atoms with Crippen molar-refractivity contribution in [3.05, 3.63) is 11.6 Å². The van der Waals surface area contributed by atoms with Crippen LogP contribution in [0.25, 0.3) is 0 Å². The predicted octanol–water partition coefficient (Wildman–Crippen LogP) is 4.82. The van der Waals surface area contributed by atoms with Gasteiger partial charge in [-0.1, -0.05) is 31.4 Å². The van der Waals surface area contributed by atoms with Crippen molar-refractivity contribution in [1.82, 2.24) is 0 Å². The van der Waals surface area contributed by atoms with Crippen LogP contribution < -0.4 is 0 Å². The van der Waals surface area contributed by atoms with Crippen LogP contribution in [0.15, 0.2) is 11.6 Å². The number of fused-ring (bicyclic) bond motifs is 5. The summed E-state index contributed by atoms with van der Waals surface area (Å²) >= 11 is 0. The van der Waals surface area contributed by atoms with Crippen LogP contribution in [0.1, 0.15) is 79.1 Å². The van der Waals surface area contributed by atoms with Crippen molar-refractivity contribution in [2.45, 2.75) is 90.8 Å². The first-order valence-electron chi connectivity index (χ1n) is 11.2. The van der Waals surface area contributed by atoms with Gasteiger partial charge in [0.05, 0.1) is 0 Å². The lowest BCUT2D eigenvalue weighted by Crippen LogP contribution is -2.55. The second-order valence-corrected chi connectivity index (χ2v) is 10.3. The van der Waals surface area contributed by atoms with E-state index in [1.807, 2.05) is 0 Å². The largest absolute Gasteiger partial charge is 0.462 e. The van der Waals surface area contributed by atoms with E-state index in [0.29, 0.717) is 17.8 Å². The molecule has 4 nitrogen and oxygen atoms in total. The van der Waals surface area contributed by atoms with Crippen molar-refractivity contribution in [2.24, 2.45) is 28.6 Å². The third-order valence-corrected chi connectivity index (χ3v) is 9.06. The Bertz CT molecular complexity index is 791. The maximum atomic E-state index is 11.8. The minimum absolute atomic E-state index is 0.0294. The lowest BCUT2D eigenvalue weighted by Gasteiger charge is -2.58. The van der Waals surface area contributed by atoms with Crippen LogP contribution in [0, 0.1) is 40.9 Å². The van der Waals surface area contributed by atoms with Gasteiger partial charge in [0.2, 0.25) is 0 Å². The first-order valence-corrected chi connectivity index (χ1v) is 11.2. The summed E-state index contributed by atoms with van der Waals surface area (Å²) in [6, 6.07) is 0. The van der Waals surface area contributed by atoms with E-state index in [1.165, 1.54) is 19.4 Å². The number of esters is 2. The van der Waals surface area contributed by atoms with Gasteiger partial charge >= 0.3 is 11.9 Å². The highest BCUT2D eigenvalue weighted by Crippen LogP contribution is 2.67. The van der Waals surface area contributed by atoms with Crippen molar-refractivity contribution < 1.29 is 19.1 Å². The smallest absolute Gasteiger partial charge is 0.304 e. The number of rotatable bonds is 2. The van der Waals surface area contributed by atoms with E-state index < -0.39 is 5.60 Å². The lowest BCUT2D eigenvalue weighted by molar-refractivity contribution is -0.168. The van der Waals surface area contributed by atoms with Crippen molar-refractivity contribution in [1.29, 1.82) is 0 Å². The molecule has 0 aliphatic heterocycles. The second kappa shape index (κ2) is 6.89. The van der Waals surface area contributed by atoms with Gasteiger partial charge in [-0.15, -0.1) is 6.42 Å². The molecule has 3 saturated carbocycles. The number of terminal acetylenes is 1. The number of hydrogen-bond acceptors (Lipinski definition) is 4. The van der Waals surface area contributed by atoms with Crippen molar-refractivity contribution >= 4 is 11.9 Å². The molecule has 0 heterocycles. The normalized spacial score (nSPS) is 45.7. The Hall–Kier alpha value is -1.76. The first kappa shape index (κ1) is 20.5. The third-order valence-electron chi connectivity index (χ3n) is 9.06. The summed E-state index contributed by atoms with van der Waals surface area (Å²) < 4.78 is 11.4. The summed E-state index contributed by atoms with van der Waals surface area (Å²) in [5.74, 6) is 4.17. The molecule has 0 N–H and O–H groups in total. The molecular weight excluding hydrogens is 364 g/mol. The highest BCUT2D eigenvalue weighted by atomic mass is 16.6. The van der Waals surface area contributed by atoms with Crippen LogP contribution in [-0.4, -0.2) is 23.6 Å². The molecular formula is C25H34O4. The van der Waals surface area contributed by atoms with Crippen molar-refractivity contribution in [2.75, 3.05) is 0 Å². The summed E-state index contributed by atoms with van der Waals surface area (Å²) in [6.07, 6.45) is 16.3. The Morgan fingerprint density at radius 1 is 1.07 bits per heavy atom. The van der Waals surface area contributed by atoms with E-state index in [1.54, 1.807) is 0 Å². The van der Waals surface area contributed by atoms with Crippen LogP contribution in [0.5, 0.6) is 0 Å². The Kier molecular flexibility index (Phi) is 4.88. The fourth-order valence-electron chi connectivity index (χ4n) is 7.64. The fraction of sp³-hybridized carbons (Fsp3) is 0.760. The molecule has 4 aliphatic rings. The van der Waals surface area contributed by atoms with Crippen LogP contribution in [-0.2, 0) is 19.1 Å². The standard InChI is InChI=1S/C25H34O4/c1-6-25(29-17(3)27)14-11-22-20-8-7-18-15-19(28-16(2)26)9-12-23(18,4)21(20)10-13-24(22,25)5/h1,7,19-22H,8-15H2,2-5H3/t19?,20-,21-,22+,23+,24+,25?/m1/s1. The van der Waals surface area contributed by atoms with Crippen LogP contribution in [0.4, 0.5) is 0 Å². The average Bonchev–Trinajstić information content (AvgIpc) is 2.94. The molecule has 0 aromatic rings. The number of carbonyl (C=O) groups is 2. The van der Waals surface area contributed by atoms with E-state index in [-0.39, 0.29) is 28.9 Å². The molecule has 0 spiro atoms. The molecule has 0 aromatic carbocycles. The molecule has 2 unspecified atom stereocenters. The summed E-state index contributed by atoms with van der Waals surface area (Å²) in [5, 5.41) is 0. The molecule has 4 rings (SSSR count). The van der Waals surface area contributed by atoms with Gasteiger partial charge in [0.1, 0.15) is 6.10 Å². The molecule has 4 heteroatoms. The van der Waals surface area contributed by atoms with Gasteiger partial charge in [-0.05, 0) is 68.1 Å². The minimum atomic E-state index is -0.758. The zero-order chi connectivity index (χ0) is 21.0. The Morgan fingerprint density at radius 2 is 1.79 bits per heavy atom. The van der Waals surface area contributed by atoms with Crippen molar-refractivity contribution in [3.8, 4) is 12.3 Å². The van der Waals surface area contributed by atoms with Gasteiger partial charge in [-0.3, -0.25) is 9.59 Å². The van der Waals surface area contributed by atoms with Crippen molar-refractivity contribution in [3.63, 3.8) is 0 Å². The summed E-state index contributed by atoms with van der Waals surface area (Å²) in [7, 11) is 0. The van der Waals surface area contributed by atoms with E-state index in [9.17, 15) is 9.59 Å². The molecule has 0 amide bonds. The molecule has 4 aliphatic carbocycles. The maximum absolute atomic E-state index is 11.8. The summed E-state index contributed by atoms with van der Waals surface area (Å²) in [4.78, 5) is 23.3. The highest BCUT2D eigenvalue weighted by molar-refractivity contribution is 5.67. The Morgan fingerprint density at radius 3 is 2.45 bits per heavy atom. The van der Waals surface area contributed by atoms with Gasteiger partial charge in [0.25, 0.3) is 0 Å². The van der Waals surface area contributed by atoms with Crippen LogP contribution in [0.3, 0.4) is 0 Å². The summed E-state index contributed by atoms with van der Waals surface area (Å²) in [6.45, 7) is 7.67. The maximum Gasteiger partial charge on any atom is 0.304 e. The van der Waals surface area contributed by atoms with E-state index in [2.05, 4.69) is 25.8 Å². The average molecular weight is 399 g/mol. The minimum Gasteiger partial charge on any atom is -0.462 e. The Balaban J connectivity index is 1.61. The van der Waals surface area contributed by atoms with Gasteiger partial charge in [0.15, 0.2) is 5.60 Å². The number of hydrogen-bond donors (Lipinski definition) is 0. The van der Waals surface area contributed by atoms with E-state index in [4.69, 9.17) is 15.9 Å². The topological polar surface area (TPSA) is 52.6 Å². The zero-order valence-corrected chi connectivity index (χ0v) is 18.3. The van der Waals surface area contributed by atoms with E-state index >= 15 is 0 Å². The fourth-order valence-corrected chi connectivity index (χ4v) is 7.64. The number of ether oxygens (including phenoxy) is 2. The van der Waals surface area contributed by atoms with Gasteiger partial charge < -0.3 is 9.47 Å². The second-order valence-electron chi connectivity index (χ2n) is 10.3. The van der Waals surface area contributed by atoms with E-state index in [0.717, 1.165) is 51.4 Å². The molecule has 0 aromatic heterocycles. The molecule has 0 bridgehead atoms. The predicted molar refractivity (Wildman–Crippen MR) is 111 cm³/mol. The van der Waals surface area contributed by atoms with Gasteiger partial charge in [0, 0.05) is 25.7 Å². The number of carbonyl (C=O) groups excluding carboxylic acids is 2. The lowest BCUT2D eigenvalue weighted by atomic mass is 9.47.